The van der Waals surface area contributed by atoms with E-state index in [0.717, 1.165) is 44.8 Å². The molecule has 2 atom stereocenters. The minimum Gasteiger partial charge on any atom is -0.444 e. The summed E-state index contributed by atoms with van der Waals surface area (Å²) >= 11 is 0. The van der Waals surface area contributed by atoms with Crippen molar-refractivity contribution < 1.29 is 9.53 Å². The zero-order chi connectivity index (χ0) is 52.6. The summed E-state index contributed by atoms with van der Waals surface area (Å²) in [4.78, 5) is 24.8. The fraction of sp³-hybridized carbons (Fsp3) is 0.185. The van der Waals surface area contributed by atoms with Gasteiger partial charge in [0.1, 0.15) is 17.4 Å². The summed E-state index contributed by atoms with van der Waals surface area (Å²) in [6.07, 6.45) is 4.82. The van der Waals surface area contributed by atoms with Crippen molar-refractivity contribution in [2.45, 2.75) is 80.0 Å². The quantitative estimate of drug-likeness (QED) is 0.147. The number of hydrogen-bond donors (Lipinski definition) is 2. The fourth-order valence-electron chi connectivity index (χ4n) is 7.50. The predicted octanol–water partition coefficient (Wildman–Crippen LogP) is 16.8. The molecule has 9 aromatic rings. The first-order valence-electron chi connectivity index (χ1n) is 24.9. The lowest BCUT2D eigenvalue weighted by Gasteiger charge is -2.22. The summed E-state index contributed by atoms with van der Waals surface area (Å²) in [6.45, 7) is 17.4. The van der Waals surface area contributed by atoms with Crippen molar-refractivity contribution >= 4 is 6.09 Å². The summed E-state index contributed by atoms with van der Waals surface area (Å²) in [6, 6.07) is 69.8. The van der Waals surface area contributed by atoms with E-state index < -0.39 is 11.7 Å². The lowest BCUT2D eigenvalue weighted by molar-refractivity contribution is 0.0507. The molecule has 0 aliphatic carbocycles. The molecule has 0 saturated heterocycles. The van der Waals surface area contributed by atoms with E-state index >= 15 is 0 Å². The third-order valence-corrected chi connectivity index (χ3v) is 11.0. The smallest absolute Gasteiger partial charge is 0.408 e. The molecule has 0 spiro atoms. The van der Waals surface area contributed by atoms with Gasteiger partial charge in [-0.05, 0) is 156 Å². The van der Waals surface area contributed by atoms with E-state index in [1.807, 2.05) is 153 Å². The van der Waals surface area contributed by atoms with Crippen LogP contribution in [0.5, 0.6) is 0 Å². The number of carbonyl (C=O) groups excluding carboxylic acids is 1. The molecule has 73 heavy (non-hydrogen) atoms. The van der Waals surface area contributed by atoms with Crippen molar-refractivity contribution in [1.82, 2.24) is 20.3 Å². The van der Waals surface area contributed by atoms with Crippen LogP contribution in [0.1, 0.15) is 91.5 Å². The van der Waals surface area contributed by atoms with Gasteiger partial charge in [0.2, 0.25) is 0 Å². The van der Waals surface area contributed by atoms with Crippen LogP contribution >= 0.6 is 0 Å². The summed E-state index contributed by atoms with van der Waals surface area (Å²) in [5.74, 6) is 0. The molecule has 2 unspecified atom stereocenters. The molecule has 0 fully saturated rings. The Balaban J connectivity index is 0.000000199. The van der Waals surface area contributed by atoms with Gasteiger partial charge in [0.05, 0.1) is 17.4 Å². The van der Waals surface area contributed by atoms with Crippen molar-refractivity contribution in [3.63, 3.8) is 0 Å². The largest absolute Gasteiger partial charge is 0.444 e. The molecule has 0 saturated carbocycles. The molecule has 0 bridgehead atoms. The molecular formula is C65H68N6O2. The highest BCUT2D eigenvalue weighted by Crippen LogP contribution is 2.30. The number of carbonyl (C=O) groups is 1. The molecule has 3 aromatic heterocycles. The Morgan fingerprint density at radius 3 is 1.15 bits per heavy atom. The van der Waals surface area contributed by atoms with Crippen LogP contribution in [0.3, 0.4) is 0 Å². The van der Waals surface area contributed by atoms with Gasteiger partial charge in [-0.15, -0.1) is 0 Å². The number of benzene rings is 6. The van der Waals surface area contributed by atoms with Crippen LogP contribution in [0.25, 0.3) is 66.8 Å². The van der Waals surface area contributed by atoms with Crippen molar-refractivity contribution in [1.29, 1.82) is 5.26 Å². The highest BCUT2D eigenvalue weighted by molar-refractivity contribution is 5.76. The molecule has 9 rings (SSSR count). The molecule has 3 heterocycles. The van der Waals surface area contributed by atoms with Gasteiger partial charge in [-0.3, -0.25) is 9.97 Å². The van der Waals surface area contributed by atoms with Gasteiger partial charge in [0, 0.05) is 24.6 Å². The van der Waals surface area contributed by atoms with Gasteiger partial charge >= 0.3 is 6.09 Å². The SMILES string of the molecule is CC.CC.CC(N)c1cc(-c2cccc(-c3ccccc3)c2)ccn1.CC(NC(=O)OC(C)(C)C)c1cc(-c2cccc(-c3ccccc3)c2)ccn1.N#Cc1cc(-c2cccc(-c3ccccc3)c2)ccn1. The van der Waals surface area contributed by atoms with Gasteiger partial charge in [-0.1, -0.05) is 173 Å². The van der Waals surface area contributed by atoms with Crippen molar-refractivity contribution in [3.05, 3.63) is 236 Å². The maximum absolute atomic E-state index is 12.0. The zero-order valence-corrected chi connectivity index (χ0v) is 43.6. The Kier molecular flexibility index (Phi) is 21.5. The molecule has 6 aromatic carbocycles. The number of nitrogens with zero attached hydrogens (tertiary/aromatic N) is 4. The molecule has 3 N–H and O–H groups in total. The molecule has 0 aliphatic rings. The maximum atomic E-state index is 12.0. The van der Waals surface area contributed by atoms with Crippen LogP contribution in [-0.2, 0) is 4.74 Å². The maximum Gasteiger partial charge on any atom is 0.408 e. The number of hydrogen-bond acceptors (Lipinski definition) is 7. The van der Waals surface area contributed by atoms with Crippen LogP contribution in [0.4, 0.5) is 4.79 Å². The topological polar surface area (TPSA) is 127 Å². The summed E-state index contributed by atoms with van der Waals surface area (Å²) in [5, 5.41) is 11.8. The number of alkyl carbamates (subject to hydrolysis) is 1. The summed E-state index contributed by atoms with van der Waals surface area (Å²) in [7, 11) is 0. The molecule has 0 radical (unpaired) electrons. The van der Waals surface area contributed by atoms with Crippen molar-refractivity contribution in [2.24, 2.45) is 5.73 Å². The van der Waals surface area contributed by atoms with E-state index in [1.54, 1.807) is 12.4 Å². The summed E-state index contributed by atoms with van der Waals surface area (Å²) < 4.78 is 5.33. The highest BCUT2D eigenvalue weighted by atomic mass is 16.6. The Morgan fingerprint density at radius 2 is 0.781 bits per heavy atom. The van der Waals surface area contributed by atoms with E-state index in [-0.39, 0.29) is 12.1 Å². The van der Waals surface area contributed by atoms with Gasteiger partial charge < -0.3 is 15.8 Å². The number of rotatable bonds is 9. The minimum atomic E-state index is -0.531. The molecule has 8 heteroatoms. The van der Waals surface area contributed by atoms with Crippen LogP contribution < -0.4 is 11.1 Å². The van der Waals surface area contributed by atoms with E-state index in [9.17, 15) is 4.79 Å². The lowest BCUT2D eigenvalue weighted by Crippen LogP contribution is -2.34. The number of ether oxygens (including phenoxy) is 1. The number of amides is 1. The van der Waals surface area contributed by atoms with Crippen LogP contribution in [-0.4, -0.2) is 26.6 Å². The Labute approximate surface area is 433 Å². The first kappa shape index (κ1) is 55.4. The lowest BCUT2D eigenvalue weighted by atomic mass is 9.99. The molecule has 1 amide bonds. The number of nitrogens with one attached hydrogen (secondary N) is 1. The molecular weight excluding hydrogens is 897 g/mol. The Morgan fingerprint density at radius 1 is 0.466 bits per heavy atom. The second kappa shape index (κ2) is 28.4. The van der Waals surface area contributed by atoms with E-state index in [1.165, 1.54) is 33.4 Å². The molecule has 0 aliphatic heterocycles. The van der Waals surface area contributed by atoms with Crippen LogP contribution in [0.2, 0.25) is 0 Å². The standard InChI is InChI=1S/C24H26N2O2.C19H18N2.C18H12N2.2C2H6/c1-17(26-23(27)28-24(2,3)4)22-16-21(13-14-25-22)20-12-8-11-19(15-20)18-9-6-5-7-10-18;1-14(20)19-13-18(10-11-21-19)17-9-5-8-16(12-17)15-6-3-2-4-7-15;19-13-18-12-17(9-10-20-18)16-8-4-7-15(11-16)14-5-2-1-3-6-14;2*1-2/h5-17H,1-4H3,(H,26,27);2-14H,20H2,1H3;1-12H;2*1-2H3. The number of nitrogens with two attached hydrogens (primary N) is 1. The normalized spacial score (nSPS) is 11.1. The Bertz CT molecular complexity index is 3130. The number of pyridine rings is 3. The van der Waals surface area contributed by atoms with E-state index in [4.69, 9.17) is 15.7 Å². The van der Waals surface area contributed by atoms with Gasteiger partial charge in [-0.25, -0.2) is 9.78 Å². The van der Waals surface area contributed by atoms with Crippen LogP contribution in [0, 0.1) is 11.3 Å². The summed E-state index contributed by atoms with van der Waals surface area (Å²) in [5.41, 5.74) is 21.2. The van der Waals surface area contributed by atoms with Crippen molar-refractivity contribution in [2.75, 3.05) is 0 Å². The van der Waals surface area contributed by atoms with Crippen molar-refractivity contribution in [3.8, 4) is 72.8 Å². The number of aromatic nitrogens is 3. The monoisotopic (exact) mass is 965 g/mol. The van der Waals surface area contributed by atoms with E-state index in [2.05, 4.69) is 142 Å². The average Bonchev–Trinajstić information content (AvgIpc) is 3.45. The third-order valence-electron chi connectivity index (χ3n) is 11.0. The zero-order valence-electron chi connectivity index (χ0n) is 43.6. The average molecular weight is 965 g/mol. The van der Waals surface area contributed by atoms with Gasteiger partial charge in [-0.2, -0.15) is 5.26 Å². The van der Waals surface area contributed by atoms with E-state index in [0.29, 0.717) is 5.69 Å². The third kappa shape index (κ3) is 17.1. The Hall–Kier alpha value is -8.51. The molecule has 370 valence electrons. The second-order valence-corrected chi connectivity index (χ2v) is 17.5. The van der Waals surface area contributed by atoms with Gasteiger partial charge in [0.25, 0.3) is 0 Å². The first-order chi connectivity index (χ1) is 35.4. The number of nitriles is 1. The second-order valence-electron chi connectivity index (χ2n) is 17.5. The highest BCUT2D eigenvalue weighted by Gasteiger charge is 2.19. The fourth-order valence-corrected chi connectivity index (χ4v) is 7.50. The minimum absolute atomic E-state index is 0.0535. The van der Waals surface area contributed by atoms with Gasteiger partial charge in [0.15, 0.2) is 0 Å². The first-order valence-corrected chi connectivity index (χ1v) is 24.9. The predicted molar refractivity (Wildman–Crippen MR) is 303 cm³/mol. The molecule has 8 nitrogen and oxygen atoms in total. The van der Waals surface area contributed by atoms with Crippen LogP contribution in [0.15, 0.2) is 219 Å².